The van der Waals surface area contributed by atoms with Gasteiger partial charge in [-0.05, 0) is 51.0 Å². The van der Waals surface area contributed by atoms with E-state index in [0.29, 0.717) is 17.8 Å². The number of anilines is 1. The second-order valence-electron chi connectivity index (χ2n) is 6.25. The first-order valence-corrected chi connectivity index (χ1v) is 8.75. The Morgan fingerprint density at radius 2 is 1.76 bits per heavy atom. The first-order chi connectivity index (χ1) is 12.0. The van der Waals surface area contributed by atoms with E-state index in [4.69, 9.17) is 0 Å². The van der Waals surface area contributed by atoms with Gasteiger partial charge in [-0.1, -0.05) is 12.8 Å². The highest BCUT2D eigenvalue weighted by molar-refractivity contribution is 5.96. The molecule has 0 heterocycles. The van der Waals surface area contributed by atoms with Crippen molar-refractivity contribution in [2.24, 2.45) is 0 Å². The predicted octanol–water partition coefficient (Wildman–Crippen LogP) is 2.01. The number of urea groups is 1. The fourth-order valence-corrected chi connectivity index (χ4v) is 2.80. The maximum absolute atomic E-state index is 12.2. The smallest absolute Gasteiger partial charge is 0.319 e. The Bertz CT molecular complexity index is 609. The van der Waals surface area contributed by atoms with Gasteiger partial charge in [-0.3, -0.25) is 9.59 Å². The van der Waals surface area contributed by atoms with Gasteiger partial charge < -0.3 is 21.3 Å². The van der Waals surface area contributed by atoms with Crippen LogP contribution in [0.25, 0.3) is 0 Å². The van der Waals surface area contributed by atoms with Crippen LogP contribution in [0.2, 0.25) is 0 Å². The highest BCUT2D eigenvalue weighted by Crippen LogP contribution is 2.18. The molecule has 1 aromatic rings. The van der Waals surface area contributed by atoms with Crippen LogP contribution in [0, 0.1) is 0 Å². The van der Waals surface area contributed by atoms with Gasteiger partial charge in [0.25, 0.3) is 5.91 Å². The molecule has 7 heteroatoms. The molecule has 4 N–H and O–H groups in total. The quantitative estimate of drug-likeness (QED) is 0.634. The molecule has 0 spiro atoms. The molecule has 1 aromatic carbocycles. The Morgan fingerprint density at radius 1 is 1.12 bits per heavy atom. The summed E-state index contributed by atoms with van der Waals surface area (Å²) in [6.07, 6.45) is 4.40. The molecule has 4 amide bonds. The number of rotatable bonds is 6. The van der Waals surface area contributed by atoms with Gasteiger partial charge in [0.2, 0.25) is 5.91 Å². The van der Waals surface area contributed by atoms with Crippen LogP contribution in [0.3, 0.4) is 0 Å². The maximum atomic E-state index is 12.2. The largest absolute Gasteiger partial charge is 0.355 e. The number of benzene rings is 1. The lowest BCUT2D eigenvalue weighted by Gasteiger charge is -2.14. The molecule has 0 saturated heterocycles. The highest BCUT2D eigenvalue weighted by Gasteiger charge is 2.18. The summed E-state index contributed by atoms with van der Waals surface area (Å²) in [5.74, 6) is -0.329. The van der Waals surface area contributed by atoms with Gasteiger partial charge in [-0.25, -0.2) is 4.79 Å². The second kappa shape index (κ2) is 9.05. The number of amides is 4. The third-order valence-corrected chi connectivity index (χ3v) is 4.19. The summed E-state index contributed by atoms with van der Waals surface area (Å²) < 4.78 is 0. The average molecular weight is 346 g/mol. The number of hydrogen-bond donors (Lipinski definition) is 4. The summed E-state index contributed by atoms with van der Waals surface area (Å²) >= 11 is 0. The summed E-state index contributed by atoms with van der Waals surface area (Å²) in [6, 6.07) is 5.85. The van der Waals surface area contributed by atoms with Crippen LogP contribution in [0.1, 0.15) is 49.9 Å². The van der Waals surface area contributed by atoms with Crippen LogP contribution in [0.15, 0.2) is 24.3 Å². The lowest BCUT2D eigenvalue weighted by Crippen LogP contribution is -2.46. The van der Waals surface area contributed by atoms with Crippen molar-refractivity contribution in [1.29, 1.82) is 0 Å². The molecule has 1 saturated carbocycles. The van der Waals surface area contributed by atoms with Gasteiger partial charge in [0.05, 0.1) is 0 Å². The van der Waals surface area contributed by atoms with Crippen LogP contribution in [-0.4, -0.2) is 36.5 Å². The van der Waals surface area contributed by atoms with Gasteiger partial charge in [0.1, 0.15) is 6.04 Å². The summed E-state index contributed by atoms with van der Waals surface area (Å²) in [7, 11) is 0. The average Bonchev–Trinajstić information content (AvgIpc) is 3.08. The van der Waals surface area contributed by atoms with Crippen LogP contribution >= 0.6 is 0 Å². The van der Waals surface area contributed by atoms with Crippen molar-refractivity contribution >= 4 is 23.5 Å². The van der Waals surface area contributed by atoms with Crippen molar-refractivity contribution in [2.45, 2.75) is 51.6 Å². The molecule has 1 fully saturated rings. The summed E-state index contributed by atoms with van der Waals surface area (Å²) in [5, 5.41) is 10.9. The van der Waals surface area contributed by atoms with Crippen LogP contribution < -0.4 is 21.3 Å². The third kappa shape index (κ3) is 5.77. The zero-order chi connectivity index (χ0) is 18.2. The Kier molecular flexibility index (Phi) is 6.80. The summed E-state index contributed by atoms with van der Waals surface area (Å²) in [6.45, 7) is 3.94. The van der Waals surface area contributed by atoms with Crippen LogP contribution in [0.5, 0.6) is 0 Å². The van der Waals surface area contributed by atoms with Crippen molar-refractivity contribution in [2.75, 3.05) is 11.9 Å². The van der Waals surface area contributed by atoms with Gasteiger partial charge >= 0.3 is 6.03 Å². The standard InChI is InChI=1S/C18H26N4O3/c1-3-19-16(23)12(2)20-18(25)22-15-10-8-13(9-11-15)17(24)21-14-6-4-5-7-14/h8-12,14H,3-7H2,1-2H3,(H,19,23)(H,21,24)(H2,20,22,25). The Labute approximate surface area is 147 Å². The molecule has 25 heavy (non-hydrogen) atoms. The first-order valence-electron chi connectivity index (χ1n) is 8.75. The summed E-state index contributed by atoms with van der Waals surface area (Å²) in [4.78, 5) is 35.7. The number of likely N-dealkylation sites (N-methyl/N-ethyl adjacent to an activating group) is 1. The Hall–Kier alpha value is -2.57. The van der Waals surface area contributed by atoms with Crippen molar-refractivity contribution in [3.05, 3.63) is 29.8 Å². The van der Waals surface area contributed by atoms with Crippen molar-refractivity contribution < 1.29 is 14.4 Å². The fourth-order valence-electron chi connectivity index (χ4n) is 2.80. The molecule has 0 radical (unpaired) electrons. The molecular formula is C18H26N4O3. The number of carbonyl (C=O) groups excluding carboxylic acids is 3. The predicted molar refractivity (Wildman–Crippen MR) is 96.5 cm³/mol. The van der Waals surface area contributed by atoms with Crippen LogP contribution in [0.4, 0.5) is 10.5 Å². The molecule has 7 nitrogen and oxygen atoms in total. The van der Waals surface area contributed by atoms with E-state index in [1.54, 1.807) is 31.2 Å². The Balaban J connectivity index is 1.83. The lowest BCUT2D eigenvalue weighted by atomic mass is 10.1. The number of nitrogens with one attached hydrogen (secondary N) is 4. The van der Waals surface area contributed by atoms with E-state index in [2.05, 4.69) is 21.3 Å². The first kappa shape index (κ1) is 18.8. The molecule has 1 atom stereocenters. The van der Waals surface area contributed by atoms with E-state index in [9.17, 15) is 14.4 Å². The molecule has 136 valence electrons. The topological polar surface area (TPSA) is 99.3 Å². The molecule has 0 bridgehead atoms. The van der Waals surface area contributed by atoms with E-state index in [1.165, 1.54) is 0 Å². The molecule has 0 aromatic heterocycles. The zero-order valence-electron chi connectivity index (χ0n) is 14.7. The van der Waals surface area contributed by atoms with Gasteiger partial charge in [0.15, 0.2) is 0 Å². The zero-order valence-corrected chi connectivity index (χ0v) is 14.7. The van der Waals surface area contributed by atoms with E-state index in [1.807, 2.05) is 6.92 Å². The second-order valence-corrected chi connectivity index (χ2v) is 6.25. The van der Waals surface area contributed by atoms with Crippen LogP contribution in [-0.2, 0) is 4.79 Å². The number of hydrogen-bond acceptors (Lipinski definition) is 3. The minimum Gasteiger partial charge on any atom is -0.355 e. The van der Waals surface area contributed by atoms with Crippen molar-refractivity contribution in [3.63, 3.8) is 0 Å². The normalized spacial score (nSPS) is 15.3. The monoisotopic (exact) mass is 346 g/mol. The molecule has 2 rings (SSSR count). The molecule has 0 aliphatic heterocycles. The molecule has 1 aliphatic rings. The highest BCUT2D eigenvalue weighted by atomic mass is 16.2. The maximum Gasteiger partial charge on any atom is 0.319 e. The van der Waals surface area contributed by atoms with E-state index in [-0.39, 0.29) is 17.9 Å². The van der Waals surface area contributed by atoms with E-state index < -0.39 is 12.1 Å². The van der Waals surface area contributed by atoms with Crippen molar-refractivity contribution in [3.8, 4) is 0 Å². The number of carbonyl (C=O) groups is 3. The lowest BCUT2D eigenvalue weighted by molar-refractivity contribution is -0.122. The van der Waals surface area contributed by atoms with Gasteiger partial charge in [0, 0.05) is 23.8 Å². The third-order valence-electron chi connectivity index (χ3n) is 4.19. The minimum absolute atomic E-state index is 0.0900. The van der Waals surface area contributed by atoms with Crippen molar-refractivity contribution in [1.82, 2.24) is 16.0 Å². The fraction of sp³-hybridized carbons (Fsp3) is 0.500. The van der Waals surface area contributed by atoms with E-state index in [0.717, 1.165) is 25.7 Å². The molecule has 1 unspecified atom stereocenters. The van der Waals surface area contributed by atoms with Gasteiger partial charge in [-0.2, -0.15) is 0 Å². The van der Waals surface area contributed by atoms with E-state index >= 15 is 0 Å². The SMILES string of the molecule is CCNC(=O)C(C)NC(=O)Nc1ccc(C(=O)NC2CCCC2)cc1. The molecular weight excluding hydrogens is 320 g/mol. The summed E-state index contributed by atoms with van der Waals surface area (Å²) in [5.41, 5.74) is 1.12. The minimum atomic E-state index is -0.628. The molecule has 1 aliphatic carbocycles. The van der Waals surface area contributed by atoms with Gasteiger partial charge in [-0.15, -0.1) is 0 Å². The Morgan fingerprint density at radius 3 is 2.36 bits per heavy atom.